The van der Waals surface area contributed by atoms with Gasteiger partial charge in [0.15, 0.2) is 5.96 Å². The Kier molecular flexibility index (Phi) is 15.6. The summed E-state index contributed by atoms with van der Waals surface area (Å²) in [4.78, 5) is 23.3. The van der Waals surface area contributed by atoms with E-state index in [1.54, 1.807) is 6.07 Å². The molecular formula is C21H39IN6O. The second-order valence-corrected chi connectivity index (χ2v) is 6.94. The Morgan fingerprint density at radius 2 is 1.97 bits per heavy atom. The molecule has 1 aromatic heterocycles. The number of carbonyl (C=O) groups excluding carboxylic acids is 1. The van der Waals surface area contributed by atoms with Gasteiger partial charge in [-0.05, 0) is 65.4 Å². The first-order valence-electron chi connectivity index (χ1n) is 10.5. The van der Waals surface area contributed by atoms with Gasteiger partial charge in [0.1, 0.15) is 5.82 Å². The van der Waals surface area contributed by atoms with Gasteiger partial charge in [0.05, 0.1) is 6.54 Å². The molecule has 1 aromatic rings. The van der Waals surface area contributed by atoms with Crippen LogP contribution in [0, 0.1) is 6.92 Å². The minimum Gasteiger partial charge on any atom is -0.357 e. The van der Waals surface area contributed by atoms with E-state index in [1.165, 1.54) is 0 Å². The zero-order chi connectivity index (χ0) is 20.8. The molecule has 0 bridgehead atoms. The van der Waals surface area contributed by atoms with Gasteiger partial charge in [-0.25, -0.2) is 4.98 Å². The smallest absolute Gasteiger partial charge is 0.227 e. The molecule has 0 fully saturated rings. The van der Waals surface area contributed by atoms with Crippen LogP contribution in [0.2, 0.25) is 0 Å². The monoisotopic (exact) mass is 518 g/mol. The van der Waals surface area contributed by atoms with Gasteiger partial charge in [-0.1, -0.05) is 19.9 Å². The van der Waals surface area contributed by atoms with Crippen molar-refractivity contribution in [3.05, 3.63) is 23.9 Å². The summed E-state index contributed by atoms with van der Waals surface area (Å²) < 4.78 is 0. The molecule has 29 heavy (non-hydrogen) atoms. The molecule has 1 atom stereocenters. The number of anilines is 1. The zero-order valence-corrected chi connectivity index (χ0v) is 21.0. The van der Waals surface area contributed by atoms with Gasteiger partial charge in [-0.15, -0.1) is 24.0 Å². The number of amides is 1. The molecule has 0 aliphatic carbocycles. The van der Waals surface area contributed by atoms with Crippen LogP contribution in [0.4, 0.5) is 5.82 Å². The van der Waals surface area contributed by atoms with Crippen LogP contribution in [0.3, 0.4) is 0 Å². The van der Waals surface area contributed by atoms with Crippen molar-refractivity contribution in [3.8, 4) is 0 Å². The third-order valence-corrected chi connectivity index (χ3v) is 4.50. The lowest BCUT2D eigenvalue weighted by Crippen LogP contribution is -2.42. The van der Waals surface area contributed by atoms with Gasteiger partial charge in [0, 0.05) is 24.7 Å². The maximum atomic E-state index is 12.1. The SMILES string of the molecule is CCNC(=NCCC(=O)Nc1cccc(C)n1)NC(C)CCCN(CC)CC.I. The number of nitrogens with zero attached hydrogens (tertiary/aromatic N) is 3. The topological polar surface area (TPSA) is 81.6 Å². The third-order valence-electron chi connectivity index (χ3n) is 4.50. The number of nitrogens with one attached hydrogen (secondary N) is 3. The maximum absolute atomic E-state index is 12.1. The summed E-state index contributed by atoms with van der Waals surface area (Å²) in [6.45, 7) is 15.1. The average Bonchev–Trinajstić information content (AvgIpc) is 2.65. The molecule has 1 heterocycles. The Morgan fingerprint density at radius 3 is 2.59 bits per heavy atom. The fourth-order valence-corrected chi connectivity index (χ4v) is 2.87. The number of carbonyl (C=O) groups is 1. The summed E-state index contributed by atoms with van der Waals surface area (Å²) in [6.07, 6.45) is 2.56. The molecule has 0 aliphatic heterocycles. The van der Waals surface area contributed by atoms with Gasteiger partial charge in [0.25, 0.3) is 0 Å². The van der Waals surface area contributed by atoms with E-state index in [4.69, 9.17) is 0 Å². The molecule has 3 N–H and O–H groups in total. The number of pyridine rings is 1. The number of aromatic nitrogens is 1. The molecule has 1 amide bonds. The van der Waals surface area contributed by atoms with Crippen molar-refractivity contribution in [2.24, 2.45) is 4.99 Å². The summed E-state index contributed by atoms with van der Waals surface area (Å²) in [5.41, 5.74) is 0.879. The highest BCUT2D eigenvalue weighted by Gasteiger charge is 2.08. The van der Waals surface area contributed by atoms with E-state index in [0.29, 0.717) is 24.8 Å². The molecule has 0 spiro atoms. The van der Waals surface area contributed by atoms with Crippen LogP contribution in [0.5, 0.6) is 0 Å². The highest BCUT2D eigenvalue weighted by molar-refractivity contribution is 14.0. The fourth-order valence-electron chi connectivity index (χ4n) is 2.87. The molecule has 166 valence electrons. The number of aryl methyl sites for hydroxylation is 1. The van der Waals surface area contributed by atoms with E-state index >= 15 is 0 Å². The van der Waals surface area contributed by atoms with Crippen LogP contribution in [-0.2, 0) is 4.79 Å². The Hall–Kier alpha value is -1.42. The Bertz CT molecular complexity index is 607. The van der Waals surface area contributed by atoms with Crippen molar-refractivity contribution >= 4 is 41.7 Å². The molecule has 0 aliphatic rings. The van der Waals surface area contributed by atoms with Gasteiger partial charge in [-0.3, -0.25) is 9.79 Å². The molecule has 0 aromatic carbocycles. The van der Waals surface area contributed by atoms with Crippen molar-refractivity contribution in [1.82, 2.24) is 20.5 Å². The summed E-state index contributed by atoms with van der Waals surface area (Å²) in [5, 5.41) is 9.50. The minimum atomic E-state index is -0.0787. The summed E-state index contributed by atoms with van der Waals surface area (Å²) in [5.74, 6) is 1.27. The van der Waals surface area contributed by atoms with Gasteiger partial charge >= 0.3 is 0 Å². The molecule has 8 heteroatoms. The van der Waals surface area contributed by atoms with E-state index in [0.717, 1.165) is 50.7 Å². The second-order valence-electron chi connectivity index (χ2n) is 6.94. The summed E-state index contributed by atoms with van der Waals surface area (Å²) in [7, 11) is 0. The Morgan fingerprint density at radius 1 is 1.24 bits per heavy atom. The van der Waals surface area contributed by atoms with E-state index in [2.05, 4.69) is 51.6 Å². The average molecular weight is 518 g/mol. The normalized spacial score (nSPS) is 12.3. The third kappa shape index (κ3) is 12.7. The van der Waals surface area contributed by atoms with Crippen LogP contribution in [0.15, 0.2) is 23.2 Å². The van der Waals surface area contributed by atoms with E-state index in [-0.39, 0.29) is 29.9 Å². The number of aliphatic imine (C=N–C) groups is 1. The summed E-state index contributed by atoms with van der Waals surface area (Å²) in [6, 6.07) is 5.90. The van der Waals surface area contributed by atoms with Crippen molar-refractivity contribution in [1.29, 1.82) is 0 Å². The standard InChI is InChI=1S/C21H38N6O.HI/c1-6-22-21(25-18(5)12-10-16-27(7-2)8-3)23-15-14-20(28)26-19-13-9-11-17(4)24-19;/h9,11,13,18H,6-8,10,12,14-16H2,1-5H3,(H2,22,23,25)(H,24,26,28);1H. The first kappa shape index (κ1) is 27.6. The highest BCUT2D eigenvalue weighted by Crippen LogP contribution is 2.04. The van der Waals surface area contributed by atoms with E-state index < -0.39 is 0 Å². The molecule has 1 unspecified atom stereocenters. The summed E-state index contributed by atoms with van der Waals surface area (Å²) >= 11 is 0. The number of rotatable bonds is 12. The molecular weight excluding hydrogens is 479 g/mol. The zero-order valence-electron chi connectivity index (χ0n) is 18.6. The Balaban J connectivity index is 0.00000784. The van der Waals surface area contributed by atoms with Crippen LogP contribution >= 0.6 is 24.0 Å². The van der Waals surface area contributed by atoms with Crippen LogP contribution < -0.4 is 16.0 Å². The van der Waals surface area contributed by atoms with Crippen LogP contribution in [0.1, 0.15) is 52.7 Å². The first-order valence-corrected chi connectivity index (χ1v) is 10.5. The molecule has 1 rings (SSSR count). The first-order chi connectivity index (χ1) is 13.5. The lowest BCUT2D eigenvalue weighted by molar-refractivity contribution is -0.116. The Labute approximate surface area is 193 Å². The predicted octanol–water partition coefficient (Wildman–Crippen LogP) is 3.40. The largest absolute Gasteiger partial charge is 0.357 e. The maximum Gasteiger partial charge on any atom is 0.227 e. The fraction of sp³-hybridized carbons (Fsp3) is 0.667. The highest BCUT2D eigenvalue weighted by atomic mass is 127. The number of guanidine groups is 1. The van der Waals surface area contributed by atoms with Crippen LogP contribution in [0.25, 0.3) is 0 Å². The van der Waals surface area contributed by atoms with Crippen molar-refractivity contribution in [2.75, 3.05) is 38.0 Å². The molecule has 0 saturated carbocycles. The van der Waals surface area contributed by atoms with Gasteiger partial charge in [0.2, 0.25) is 5.91 Å². The lowest BCUT2D eigenvalue weighted by Gasteiger charge is -2.21. The molecule has 0 radical (unpaired) electrons. The van der Waals surface area contributed by atoms with E-state index in [9.17, 15) is 4.79 Å². The second kappa shape index (κ2) is 16.4. The number of halogens is 1. The number of hydrogen-bond acceptors (Lipinski definition) is 4. The van der Waals surface area contributed by atoms with Gasteiger partial charge in [-0.2, -0.15) is 0 Å². The van der Waals surface area contributed by atoms with Gasteiger partial charge < -0.3 is 20.9 Å². The molecule has 0 saturated heterocycles. The van der Waals surface area contributed by atoms with Crippen molar-refractivity contribution < 1.29 is 4.79 Å². The predicted molar refractivity (Wildman–Crippen MR) is 133 cm³/mol. The minimum absolute atomic E-state index is 0. The van der Waals surface area contributed by atoms with Crippen LogP contribution in [-0.4, -0.2) is 60.5 Å². The van der Waals surface area contributed by atoms with E-state index in [1.807, 2.05) is 26.0 Å². The quantitative estimate of drug-likeness (QED) is 0.225. The number of hydrogen-bond donors (Lipinski definition) is 3. The van der Waals surface area contributed by atoms with Crippen molar-refractivity contribution in [2.45, 2.75) is 59.9 Å². The van der Waals surface area contributed by atoms with Crippen molar-refractivity contribution in [3.63, 3.8) is 0 Å². The lowest BCUT2D eigenvalue weighted by atomic mass is 10.2. The molecule has 7 nitrogen and oxygen atoms in total.